The number of halogens is 12. The lowest BCUT2D eigenvalue weighted by atomic mass is 10.0. The van der Waals surface area contributed by atoms with Gasteiger partial charge < -0.3 is 71.0 Å². The second-order valence-electron chi connectivity index (χ2n) is 30.4. The Morgan fingerprint density at radius 1 is 0.372 bits per heavy atom. The van der Waals surface area contributed by atoms with Crippen molar-refractivity contribution in [2.24, 2.45) is 28.2 Å². The molecule has 0 radical (unpaired) electrons. The van der Waals surface area contributed by atoms with Crippen LogP contribution in [0.15, 0.2) is 103 Å². The highest BCUT2D eigenvalue weighted by molar-refractivity contribution is 6.08. The molecule has 0 aliphatic carbocycles. The first-order valence-electron chi connectivity index (χ1n) is 34.7. The van der Waals surface area contributed by atoms with Crippen molar-refractivity contribution in [3.8, 4) is 0 Å². The highest BCUT2D eigenvalue weighted by atomic mass is 19.3. The standard InChI is InChI=1S/C21H26F3N3O2.C20H24F3N3O2.2C19H22F3N3O3/c1-11-10-14(8-9-15(11)22)25-18(28)16-12(2)17(27(7)13(16)3)21(23,24)19(29)26-20(4,5)6;1-11-9-13(7-8-15(11)21)24-17(27)14-10-16(26(6)12(14)2)20(22,23)18(28)25-19(3,4)5;1-11-7-13(5-6-14(11)20)23-16(27)12-8-15(25(4)9-12)19(21,22)17(28)24-18(2,3)10-26;1-11-9-12(5-6-14(11)20)23-16(27)13-7-8-25(4)15(13)19(21,22)17(28)24-18(2,3)10-26/h8-10H,1-7H3,(H,25,28)(H,26,29);7-10H,1-6H3,(H,24,27)(H,25,28);2*5-9,26H,10H2,1-4H3,(H,23,27)(H,24,28). The minimum Gasteiger partial charge on any atom is -0.394 e. The van der Waals surface area contributed by atoms with E-state index >= 15 is 0 Å². The summed E-state index contributed by atoms with van der Waals surface area (Å²) in [6.45, 7) is 24.7. The van der Waals surface area contributed by atoms with E-state index in [0.717, 1.165) is 36.5 Å². The summed E-state index contributed by atoms with van der Waals surface area (Å²) in [6.07, 6.45) is 2.40. The van der Waals surface area contributed by atoms with Crippen LogP contribution in [-0.2, 0) is 71.1 Å². The van der Waals surface area contributed by atoms with Gasteiger partial charge in [-0.25, -0.2) is 17.6 Å². The van der Waals surface area contributed by atoms with Crippen LogP contribution in [0.1, 0.15) is 173 Å². The summed E-state index contributed by atoms with van der Waals surface area (Å²) < 4.78 is 176. The zero-order chi connectivity index (χ0) is 86.3. The second kappa shape index (κ2) is 35.3. The van der Waals surface area contributed by atoms with E-state index in [1.54, 1.807) is 55.4 Å². The Hall–Kier alpha value is -11.2. The van der Waals surface area contributed by atoms with Crippen molar-refractivity contribution in [2.75, 3.05) is 34.5 Å². The Morgan fingerprint density at radius 2 is 0.708 bits per heavy atom. The topological polar surface area (TPSA) is 293 Å². The maximum absolute atomic E-state index is 15.0. The maximum Gasteiger partial charge on any atom is 0.364 e. The summed E-state index contributed by atoms with van der Waals surface area (Å²) >= 11 is 0. The fourth-order valence-electron chi connectivity index (χ4n) is 10.9. The number of hydrogen-bond donors (Lipinski definition) is 10. The Bertz CT molecular complexity index is 4920. The number of rotatable bonds is 20. The molecule has 0 aliphatic heterocycles. The largest absolute Gasteiger partial charge is 0.394 e. The smallest absolute Gasteiger partial charge is 0.364 e. The molecule has 113 heavy (non-hydrogen) atoms. The number of aryl methyl sites for hydroxylation is 6. The summed E-state index contributed by atoms with van der Waals surface area (Å²) in [7, 11) is 5.32. The molecule has 4 aromatic carbocycles. The third-order valence-electron chi connectivity index (χ3n) is 17.2. The molecule has 34 heteroatoms. The first kappa shape index (κ1) is 92.4. The number of aromatic nitrogens is 4. The lowest BCUT2D eigenvalue weighted by Crippen LogP contribution is -2.52. The second-order valence-corrected chi connectivity index (χ2v) is 30.4. The van der Waals surface area contributed by atoms with Gasteiger partial charge in [0, 0.05) is 85.8 Å². The van der Waals surface area contributed by atoms with Gasteiger partial charge >= 0.3 is 23.7 Å². The van der Waals surface area contributed by atoms with E-state index in [2.05, 4.69) is 42.5 Å². The Balaban J connectivity index is 0.000000269. The van der Waals surface area contributed by atoms with Crippen LogP contribution in [0.4, 0.5) is 75.4 Å². The van der Waals surface area contributed by atoms with Gasteiger partial charge in [-0.05, 0) is 237 Å². The number of carbonyl (C=O) groups is 8. The van der Waals surface area contributed by atoms with Crippen LogP contribution >= 0.6 is 0 Å². The van der Waals surface area contributed by atoms with Crippen LogP contribution in [-0.4, -0.2) is 111 Å². The lowest BCUT2D eigenvalue weighted by Gasteiger charge is -2.27. The van der Waals surface area contributed by atoms with Crippen molar-refractivity contribution in [2.45, 2.75) is 164 Å². The van der Waals surface area contributed by atoms with E-state index in [1.165, 1.54) is 176 Å². The van der Waals surface area contributed by atoms with Gasteiger partial charge in [-0.2, -0.15) is 35.1 Å². The minimum atomic E-state index is -4.03. The highest BCUT2D eigenvalue weighted by Crippen LogP contribution is 2.38. The van der Waals surface area contributed by atoms with Crippen molar-refractivity contribution in [3.05, 3.63) is 211 Å². The van der Waals surface area contributed by atoms with E-state index in [4.69, 9.17) is 5.11 Å². The fraction of sp³-hybridized carbons (Fsp3) is 0.392. The van der Waals surface area contributed by atoms with Crippen LogP contribution in [0.5, 0.6) is 0 Å². The molecule has 0 atom stereocenters. The first-order chi connectivity index (χ1) is 51.7. The molecular formula is C79H94F12N12O10. The molecular weight excluding hydrogens is 1500 g/mol. The molecule has 8 aromatic rings. The van der Waals surface area contributed by atoms with Gasteiger partial charge in [0.05, 0.1) is 57.9 Å². The Morgan fingerprint density at radius 3 is 1.09 bits per heavy atom. The van der Waals surface area contributed by atoms with Gasteiger partial charge in [-0.1, -0.05) is 0 Å². The van der Waals surface area contributed by atoms with Crippen molar-refractivity contribution in [1.29, 1.82) is 0 Å². The quantitative estimate of drug-likeness (QED) is 0.0322. The van der Waals surface area contributed by atoms with Crippen molar-refractivity contribution < 1.29 is 101 Å². The van der Waals surface area contributed by atoms with Crippen molar-refractivity contribution in [3.63, 3.8) is 0 Å². The predicted octanol–water partition coefficient (Wildman–Crippen LogP) is 13.8. The molecule has 0 aliphatic rings. The van der Waals surface area contributed by atoms with E-state index in [9.17, 15) is 96.1 Å². The number of aliphatic hydroxyl groups is 2. The number of alkyl halides is 8. The molecule has 0 fully saturated rings. The van der Waals surface area contributed by atoms with E-state index in [-0.39, 0.29) is 44.9 Å². The highest BCUT2D eigenvalue weighted by Gasteiger charge is 2.50. The maximum atomic E-state index is 15.0. The van der Waals surface area contributed by atoms with Crippen LogP contribution in [0.25, 0.3) is 0 Å². The molecule has 10 N–H and O–H groups in total. The SMILES string of the molecule is Cc1cc(NC(=O)c2c(C)c(C(F)(F)C(=O)NC(C)(C)C)n(C)c2C)ccc1F.Cc1cc(NC(=O)c2cc(C(F)(F)C(=O)NC(C)(C)C)n(C)c2C)ccc1F.Cc1cc(NC(=O)c2cc(C(F)(F)C(=O)NC(C)(C)CO)n(C)c2)ccc1F.Cc1cc(NC(=O)c2ccn(C)c2C(F)(F)C(=O)NC(C)(C)CO)ccc1F. The molecule has 8 rings (SSSR count). The Labute approximate surface area is 645 Å². The molecule has 4 aromatic heterocycles. The normalized spacial score (nSPS) is 12.0. The number of hydrogen-bond acceptors (Lipinski definition) is 10. The van der Waals surface area contributed by atoms with Crippen LogP contribution in [0.3, 0.4) is 0 Å². The number of carbonyl (C=O) groups excluding carboxylic acids is 8. The lowest BCUT2D eigenvalue weighted by molar-refractivity contribution is -0.150. The van der Waals surface area contributed by atoms with Gasteiger partial charge in [-0.15, -0.1) is 0 Å². The minimum absolute atomic E-state index is 0.00251. The zero-order valence-corrected chi connectivity index (χ0v) is 66.2. The predicted molar refractivity (Wildman–Crippen MR) is 402 cm³/mol. The number of aliphatic hydroxyl groups excluding tert-OH is 2. The number of anilines is 4. The summed E-state index contributed by atoms with van der Waals surface area (Å²) in [5.41, 5.74) is -4.14. The van der Waals surface area contributed by atoms with Gasteiger partial charge in [0.1, 0.15) is 34.7 Å². The van der Waals surface area contributed by atoms with Crippen LogP contribution in [0.2, 0.25) is 0 Å². The summed E-state index contributed by atoms with van der Waals surface area (Å²) in [6, 6.07) is 18.9. The number of benzene rings is 4. The molecule has 0 saturated carbocycles. The van der Waals surface area contributed by atoms with E-state index in [1.807, 2.05) is 0 Å². The molecule has 0 saturated heterocycles. The molecule has 0 spiro atoms. The van der Waals surface area contributed by atoms with Crippen molar-refractivity contribution >= 4 is 70.0 Å². The third kappa shape index (κ3) is 22.8. The average molecular weight is 1600 g/mol. The monoisotopic (exact) mass is 1600 g/mol. The van der Waals surface area contributed by atoms with Crippen molar-refractivity contribution in [1.82, 2.24) is 39.5 Å². The summed E-state index contributed by atoms with van der Waals surface area (Å²) in [5.74, 6) is -26.2. The summed E-state index contributed by atoms with van der Waals surface area (Å²) in [4.78, 5) is 98.7. The van der Waals surface area contributed by atoms with Gasteiger partial charge in [0.25, 0.3) is 47.3 Å². The molecule has 4 heterocycles. The number of nitrogens with zero attached hydrogens (tertiary/aromatic N) is 4. The first-order valence-corrected chi connectivity index (χ1v) is 34.7. The van der Waals surface area contributed by atoms with Gasteiger partial charge in [0.15, 0.2) is 0 Å². The van der Waals surface area contributed by atoms with Gasteiger partial charge in [0.2, 0.25) is 0 Å². The summed E-state index contributed by atoms with van der Waals surface area (Å²) in [5, 5.41) is 37.1. The van der Waals surface area contributed by atoms with E-state index < -0.39 is 158 Å². The van der Waals surface area contributed by atoms with Crippen LogP contribution < -0.4 is 42.5 Å². The molecule has 22 nitrogen and oxygen atoms in total. The van der Waals surface area contributed by atoms with E-state index in [0.29, 0.717) is 33.8 Å². The molecule has 0 bridgehead atoms. The fourth-order valence-corrected chi connectivity index (χ4v) is 10.9. The third-order valence-corrected chi connectivity index (χ3v) is 17.2. The van der Waals surface area contributed by atoms with Gasteiger partial charge in [-0.3, -0.25) is 38.4 Å². The molecule has 0 unspecified atom stereocenters. The zero-order valence-electron chi connectivity index (χ0n) is 66.2. The average Bonchev–Trinajstić information content (AvgIpc) is 1.62. The number of amides is 8. The van der Waals surface area contributed by atoms with Crippen LogP contribution in [0, 0.1) is 71.7 Å². The molecule has 614 valence electrons. The number of nitrogens with one attached hydrogen (secondary N) is 8. The Kier molecular flexibility index (Phi) is 28.8. The molecule has 8 amide bonds.